The lowest BCUT2D eigenvalue weighted by Gasteiger charge is -2.29. The molecule has 1 unspecified atom stereocenters. The van der Waals surface area contributed by atoms with Crippen LogP contribution in [0.5, 0.6) is 11.5 Å². The van der Waals surface area contributed by atoms with Gasteiger partial charge in [0.15, 0.2) is 11.5 Å². The molecule has 5 nitrogen and oxygen atoms in total. The number of hydrogen-bond acceptors (Lipinski definition) is 5. The smallest absolute Gasteiger partial charge is 0.323 e. The summed E-state index contributed by atoms with van der Waals surface area (Å²) in [6, 6.07) is 3.50. The van der Waals surface area contributed by atoms with Crippen LogP contribution in [-0.2, 0) is 16.1 Å². The van der Waals surface area contributed by atoms with Gasteiger partial charge in [-0.1, -0.05) is 19.9 Å². The second-order valence-electron chi connectivity index (χ2n) is 5.61. The molecule has 0 aliphatic heterocycles. The van der Waals surface area contributed by atoms with Crippen molar-refractivity contribution < 1.29 is 19.4 Å². The van der Waals surface area contributed by atoms with Crippen molar-refractivity contribution in [3.63, 3.8) is 0 Å². The minimum absolute atomic E-state index is 0.163. The van der Waals surface area contributed by atoms with Gasteiger partial charge in [0.1, 0.15) is 6.04 Å². The van der Waals surface area contributed by atoms with E-state index in [1.54, 1.807) is 0 Å². The molecule has 1 rings (SSSR count). The zero-order valence-corrected chi connectivity index (χ0v) is 14.9. The van der Waals surface area contributed by atoms with Crippen molar-refractivity contribution in [1.82, 2.24) is 4.90 Å². The molecule has 0 heterocycles. The largest absolute Gasteiger partial charge is 0.504 e. The fourth-order valence-electron chi connectivity index (χ4n) is 2.75. The Kier molecular flexibility index (Phi) is 7.89. The number of benzene rings is 1. The first-order valence-electron chi connectivity index (χ1n) is 8.25. The van der Waals surface area contributed by atoms with E-state index < -0.39 is 0 Å². The Bertz CT molecular complexity index is 516. The van der Waals surface area contributed by atoms with Crippen molar-refractivity contribution in [2.75, 3.05) is 20.3 Å². The number of ether oxygens (including phenoxy) is 2. The summed E-state index contributed by atoms with van der Waals surface area (Å²) < 4.78 is 10.4. The van der Waals surface area contributed by atoms with Gasteiger partial charge in [0, 0.05) is 6.54 Å². The summed E-state index contributed by atoms with van der Waals surface area (Å²) in [6.45, 7) is 9.56. The normalized spacial score (nSPS) is 12.3. The van der Waals surface area contributed by atoms with Gasteiger partial charge in [0.25, 0.3) is 0 Å². The molecule has 0 aliphatic rings. The second-order valence-corrected chi connectivity index (χ2v) is 5.61. The lowest BCUT2D eigenvalue weighted by molar-refractivity contribution is -0.150. The first-order valence-corrected chi connectivity index (χ1v) is 8.25. The van der Waals surface area contributed by atoms with E-state index in [1.807, 2.05) is 32.9 Å². The molecule has 0 spiro atoms. The van der Waals surface area contributed by atoms with Gasteiger partial charge in [0.05, 0.1) is 13.7 Å². The van der Waals surface area contributed by atoms with Gasteiger partial charge in [0.2, 0.25) is 0 Å². The summed E-state index contributed by atoms with van der Waals surface area (Å²) in [6.07, 6.45) is 1.65. The monoisotopic (exact) mass is 323 g/mol. The molecule has 5 heteroatoms. The van der Waals surface area contributed by atoms with E-state index in [-0.39, 0.29) is 17.8 Å². The molecule has 0 bridgehead atoms. The molecule has 1 atom stereocenters. The number of rotatable bonds is 9. The van der Waals surface area contributed by atoms with E-state index in [2.05, 4.69) is 11.8 Å². The Labute approximate surface area is 139 Å². The van der Waals surface area contributed by atoms with Gasteiger partial charge in [-0.25, -0.2) is 0 Å². The number of nitrogens with zero attached hydrogens (tertiary/aromatic N) is 1. The van der Waals surface area contributed by atoms with Crippen molar-refractivity contribution in [2.45, 2.75) is 53.1 Å². The van der Waals surface area contributed by atoms with Crippen LogP contribution in [0.3, 0.4) is 0 Å². The number of phenols is 1. The van der Waals surface area contributed by atoms with E-state index in [1.165, 1.54) is 7.11 Å². The molecule has 130 valence electrons. The summed E-state index contributed by atoms with van der Waals surface area (Å²) in [4.78, 5) is 14.3. The van der Waals surface area contributed by atoms with Crippen LogP contribution >= 0.6 is 0 Å². The zero-order chi connectivity index (χ0) is 17.4. The van der Waals surface area contributed by atoms with E-state index >= 15 is 0 Å². The fourth-order valence-corrected chi connectivity index (χ4v) is 2.75. The molecule has 1 aromatic rings. The van der Waals surface area contributed by atoms with Crippen LogP contribution in [-0.4, -0.2) is 42.3 Å². The minimum Gasteiger partial charge on any atom is -0.504 e. The molecule has 0 fully saturated rings. The number of carbonyl (C=O) groups is 1. The van der Waals surface area contributed by atoms with Gasteiger partial charge in [-0.2, -0.15) is 0 Å². The highest BCUT2D eigenvalue weighted by atomic mass is 16.5. The topological polar surface area (TPSA) is 59.0 Å². The summed E-state index contributed by atoms with van der Waals surface area (Å²) >= 11 is 0. The lowest BCUT2D eigenvalue weighted by Crippen LogP contribution is -2.41. The zero-order valence-electron chi connectivity index (χ0n) is 14.9. The summed E-state index contributed by atoms with van der Waals surface area (Å²) in [5.41, 5.74) is 1.77. The molecule has 0 saturated carbocycles. The quantitative estimate of drug-likeness (QED) is 0.707. The van der Waals surface area contributed by atoms with E-state index in [9.17, 15) is 9.90 Å². The van der Waals surface area contributed by atoms with Crippen LogP contribution in [0.1, 0.15) is 44.7 Å². The molecule has 1 aromatic carbocycles. The van der Waals surface area contributed by atoms with Crippen molar-refractivity contribution in [3.05, 3.63) is 23.3 Å². The van der Waals surface area contributed by atoms with E-state index in [0.29, 0.717) is 25.3 Å². The second kappa shape index (κ2) is 9.40. The van der Waals surface area contributed by atoms with Crippen LogP contribution in [0, 0.1) is 6.92 Å². The maximum atomic E-state index is 12.2. The Morgan fingerprint density at radius 1 is 1.30 bits per heavy atom. The van der Waals surface area contributed by atoms with Gasteiger partial charge in [-0.3, -0.25) is 9.69 Å². The number of aromatic hydroxyl groups is 1. The third kappa shape index (κ3) is 5.13. The van der Waals surface area contributed by atoms with Crippen molar-refractivity contribution >= 4 is 5.97 Å². The van der Waals surface area contributed by atoms with Crippen LogP contribution in [0.4, 0.5) is 0 Å². The van der Waals surface area contributed by atoms with Gasteiger partial charge in [-0.05, 0) is 50.4 Å². The molecule has 0 aromatic heterocycles. The molecule has 0 aliphatic carbocycles. The van der Waals surface area contributed by atoms with Crippen LogP contribution in [0.25, 0.3) is 0 Å². The Hall–Kier alpha value is -1.75. The van der Waals surface area contributed by atoms with Crippen molar-refractivity contribution in [3.8, 4) is 11.5 Å². The number of phenolic OH excluding ortho intramolecular Hbond substituents is 1. The standard InChI is InChI=1S/C18H29NO4/c1-6-9-19(15(7-2)18(21)23-8-3)12-14-10-13(4)17(20)16(11-14)22-5/h10-11,15,20H,6-9,12H2,1-5H3. The average molecular weight is 323 g/mol. The van der Waals surface area contributed by atoms with Gasteiger partial charge < -0.3 is 14.6 Å². The molecule has 0 radical (unpaired) electrons. The highest BCUT2D eigenvalue weighted by molar-refractivity contribution is 5.75. The Morgan fingerprint density at radius 3 is 2.52 bits per heavy atom. The maximum Gasteiger partial charge on any atom is 0.323 e. The van der Waals surface area contributed by atoms with Crippen molar-refractivity contribution in [1.29, 1.82) is 0 Å². The van der Waals surface area contributed by atoms with Gasteiger partial charge in [-0.15, -0.1) is 0 Å². The van der Waals surface area contributed by atoms with Crippen LogP contribution in [0.15, 0.2) is 12.1 Å². The Morgan fingerprint density at radius 2 is 2.00 bits per heavy atom. The summed E-state index contributed by atoms with van der Waals surface area (Å²) in [7, 11) is 1.54. The average Bonchev–Trinajstić information content (AvgIpc) is 2.51. The number of methoxy groups -OCH3 is 1. The molecule has 0 amide bonds. The maximum absolute atomic E-state index is 12.2. The third-order valence-corrected chi connectivity index (χ3v) is 3.83. The first-order chi connectivity index (χ1) is 11.0. The third-order valence-electron chi connectivity index (χ3n) is 3.83. The highest BCUT2D eigenvalue weighted by Gasteiger charge is 2.25. The number of esters is 1. The SMILES string of the molecule is CCCN(Cc1cc(C)c(O)c(OC)c1)C(CC)C(=O)OCC. The first kappa shape index (κ1) is 19.3. The van der Waals surface area contributed by atoms with Crippen LogP contribution < -0.4 is 4.74 Å². The predicted octanol–water partition coefficient (Wildman–Crippen LogP) is 3.26. The number of hydrogen-bond donors (Lipinski definition) is 1. The highest BCUT2D eigenvalue weighted by Crippen LogP contribution is 2.31. The number of aryl methyl sites for hydroxylation is 1. The number of carbonyl (C=O) groups excluding carboxylic acids is 1. The molecular weight excluding hydrogens is 294 g/mol. The fraction of sp³-hybridized carbons (Fsp3) is 0.611. The predicted molar refractivity (Wildman–Crippen MR) is 90.8 cm³/mol. The van der Waals surface area contributed by atoms with E-state index in [0.717, 1.165) is 24.1 Å². The lowest BCUT2D eigenvalue weighted by atomic mass is 10.1. The molecular formula is C18H29NO4. The molecule has 1 N–H and O–H groups in total. The van der Waals surface area contributed by atoms with Crippen molar-refractivity contribution in [2.24, 2.45) is 0 Å². The van der Waals surface area contributed by atoms with Gasteiger partial charge >= 0.3 is 5.97 Å². The van der Waals surface area contributed by atoms with Crippen LogP contribution in [0.2, 0.25) is 0 Å². The minimum atomic E-state index is -0.255. The summed E-state index contributed by atoms with van der Waals surface area (Å²) in [5.74, 6) is 0.447. The molecule has 0 saturated heterocycles. The van der Waals surface area contributed by atoms with E-state index in [4.69, 9.17) is 9.47 Å². The summed E-state index contributed by atoms with van der Waals surface area (Å²) in [5, 5.41) is 9.96. The Balaban J connectivity index is 3.03. The molecule has 23 heavy (non-hydrogen) atoms.